The molecule has 0 saturated heterocycles. The maximum absolute atomic E-state index is 14.5. The first-order valence-electron chi connectivity index (χ1n) is 29.5. The first kappa shape index (κ1) is 67.7. The molecular formula is C64H78N8O14S2. The van der Waals surface area contributed by atoms with E-state index in [4.69, 9.17) is 34.4 Å². The van der Waals surface area contributed by atoms with Gasteiger partial charge in [-0.05, 0) is 113 Å². The number of unbranched alkanes of at least 4 members (excludes halogenated alkanes) is 1. The normalized spacial score (nSPS) is 15.4. The van der Waals surface area contributed by atoms with Gasteiger partial charge in [0.15, 0.2) is 16.7 Å². The summed E-state index contributed by atoms with van der Waals surface area (Å²) in [6.45, 7) is 7.60. The number of benzene rings is 2. The average molecular weight is 1250 g/mol. The van der Waals surface area contributed by atoms with Crippen molar-refractivity contribution in [1.82, 2.24) is 29.1 Å². The monoisotopic (exact) mass is 1250 g/mol. The number of Topliss-reactive ketones (excluding diaryl/α,β-unsaturated/α-hetero) is 3. The van der Waals surface area contributed by atoms with Gasteiger partial charge in [0, 0.05) is 121 Å². The van der Waals surface area contributed by atoms with Gasteiger partial charge < -0.3 is 44.6 Å². The lowest BCUT2D eigenvalue weighted by molar-refractivity contribution is -0.176. The molecule has 0 aliphatic carbocycles. The molecule has 3 amide bonds. The van der Waals surface area contributed by atoms with E-state index in [1.807, 2.05) is 48.7 Å². The lowest BCUT2D eigenvalue weighted by Gasteiger charge is -2.35. The SMILES string of the molecule is C=S(C)(=O)N(CCc1c2c(nc3ccccc13)-c1cc3c(c(=O)n1C2)COC(=O)[C@@]3(CC)OC(=O)OC(C)c1ccc(NC(=O)[C@H](CCCNC(N)=O)CC(=O)COCC(=O)CCCOCCCC(=O)CCCC#Cc2cnc(SC)nc2)cc1)C(C)C. The van der Waals surface area contributed by atoms with Crippen molar-refractivity contribution < 1.29 is 61.5 Å². The number of thioether (sulfide) groups is 1. The second kappa shape index (κ2) is 31.9. The molecule has 470 valence electrons. The number of urea groups is 1. The number of ketones is 3. The zero-order valence-electron chi connectivity index (χ0n) is 50.8. The fraction of sp³-hybridized carbons (Fsp3) is 0.469. The van der Waals surface area contributed by atoms with Crippen LogP contribution in [0.25, 0.3) is 22.3 Å². The number of para-hydroxylation sites is 1. The zero-order valence-corrected chi connectivity index (χ0v) is 52.4. The Morgan fingerprint density at radius 2 is 1.61 bits per heavy atom. The number of hydrogen-bond acceptors (Lipinski definition) is 18. The van der Waals surface area contributed by atoms with Gasteiger partial charge in [-0.2, -0.15) is 0 Å². The van der Waals surface area contributed by atoms with E-state index in [1.54, 1.807) is 67.4 Å². The number of pyridine rings is 2. The topological polar surface area (TPSA) is 297 Å². The van der Waals surface area contributed by atoms with Crippen molar-refractivity contribution in [2.75, 3.05) is 57.3 Å². The van der Waals surface area contributed by atoms with E-state index in [9.17, 15) is 42.6 Å². The second-order valence-corrected chi connectivity index (χ2v) is 25.2. The molecule has 0 saturated carbocycles. The summed E-state index contributed by atoms with van der Waals surface area (Å²) in [6, 6.07) is 14.9. The molecule has 5 aromatic rings. The molecule has 2 aliphatic rings. The Kier molecular flexibility index (Phi) is 24.5. The Morgan fingerprint density at radius 1 is 0.920 bits per heavy atom. The quantitative estimate of drug-likeness (QED) is 0.00879. The van der Waals surface area contributed by atoms with Gasteiger partial charge in [0.1, 0.15) is 31.7 Å². The number of esters is 1. The Morgan fingerprint density at radius 3 is 2.30 bits per heavy atom. The predicted octanol–water partition coefficient (Wildman–Crippen LogP) is 7.94. The predicted molar refractivity (Wildman–Crippen MR) is 335 cm³/mol. The number of anilines is 1. The number of amides is 3. The molecule has 0 bridgehead atoms. The third kappa shape index (κ3) is 18.2. The van der Waals surface area contributed by atoms with Crippen LogP contribution in [0, 0.1) is 17.8 Å². The summed E-state index contributed by atoms with van der Waals surface area (Å²) in [5.74, 6) is 7.28. The standard InChI is InChI=1S/C64H78N8O14S2/c1-8-64(54-34-56-57-52(37-71(56)59(77)53(54)40-84-60(64)78)50(51-22-12-13-23-55(51)70-57)28-30-72(41(2)3)88(6,7)81)86-63(80)85-42(4)44-24-26-46(27-25-44)69-58(76)45(18-14-29-66-61(65)79)33-49(75)39-83-38-48(74)21-16-32-82-31-15-20-47(73)19-11-9-10-17-43-35-67-62(87-5)68-36-43/h12-13,22-27,34-36,41-42,45H,6,8-9,11,14-16,18-21,28-33,37-40H2,1-5,7H3,(H,69,76)(H3,65,66,79)/t42?,45-,64+,88?/m1/s1. The number of ether oxygens (including phenoxy) is 5. The summed E-state index contributed by atoms with van der Waals surface area (Å²) in [4.78, 5) is 119. The molecule has 7 rings (SSSR count). The van der Waals surface area contributed by atoms with Gasteiger partial charge >= 0.3 is 18.2 Å². The van der Waals surface area contributed by atoms with E-state index in [2.05, 4.69) is 38.3 Å². The minimum atomic E-state index is -2.54. The number of cyclic esters (lactones) is 1. The van der Waals surface area contributed by atoms with Crippen LogP contribution >= 0.6 is 11.8 Å². The van der Waals surface area contributed by atoms with Gasteiger partial charge in [-0.25, -0.2) is 33.6 Å². The smallest absolute Gasteiger partial charge is 0.457 e. The summed E-state index contributed by atoms with van der Waals surface area (Å²) in [5.41, 5.74) is 8.05. The fourth-order valence-electron chi connectivity index (χ4n) is 10.7. The first-order chi connectivity index (χ1) is 42.1. The van der Waals surface area contributed by atoms with Gasteiger partial charge in [0.25, 0.3) is 5.56 Å². The fourth-order valence-corrected chi connectivity index (χ4v) is 12.4. The summed E-state index contributed by atoms with van der Waals surface area (Å²) in [6.07, 6.45) is 8.67. The van der Waals surface area contributed by atoms with Crippen molar-refractivity contribution >= 4 is 85.3 Å². The van der Waals surface area contributed by atoms with Crippen LogP contribution in [0.1, 0.15) is 138 Å². The van der Waals surface area contributed by atoms with Crippen LogP contribution in [-0.4, -0.2) is 133 Å². The molecule has 2 aliphatic heterocycles. The van der Waals surface area contributed by atoms with Crippen LogP contribution in [0.3, 0.4) is 0 Å². The molecule has 88 heavy (non-hydrogen) atoms. The number of rotatable bonds is 33. The maximum atomic E-state index is 14.5. The minimum Gasteiger partial charge on any atom is -0.457 e. The third-order valence-electron chi connectivity index (χ3n) is 15.2. The van der Waals surface area contributed by atoms with Crippen molar-refractivity contribution in [2.45, 2.75) is 141 Å². The van der Waals surface area contributed by atoms with Crippen LogP contribution in [0.5, 0.6) is 0 Å². The molecule has 3 aromatic heterocycles. The van der Waals surface area contributed by atoms with Crippen molar-refractivity contribution in [3.8, 4) is 23.2 Å². The molecule has 5 heterocycles. The van der Waals surface area contributed by atoms with Crippen LogP contribution in [0.15, 0.2) is 76.9 Å². The highest BCUT2D eigenvalue weighted by molar-refractivity contribution is 7.98. The molecule has 0 fully saturated rings. The second-order valence-electron chi connectivity index (χ2n) is 22.0. The molecule has 4 N–H and O–H groups in total. The summed E-state index contributed by atoms with van der Waals surface area (Å²) < 4.78 is 45.0. The highest BCUT2D eigenvalue weighted by Crippen LogP contribution is 2.43. The van der Waals surface area contributed by atoms with Crippen LogP contribution in [0.2, 0.25) is 0 Å². The van der Waals surface area contributed by atoms with E-state index in [1.165, 1.54) is 11.8 Å². The maximum Gasteiger partial charge on any atom is 0.510 e. The lowest BCUT2D eigenvalue weighted by Crippen LogP contribution is -2.47. The number of primary amides is 1. The summed E-state index contributed by atoms with van der Waals surface area (Å²) in [5, 5.41) is 6.87. The number of fused-ring (bicyclic) bond motifs is 5. The first-order valence-corrected chi connectivity index (χ1v) is 32.8. The molecule has 0 radical (unpaired) electrons. The van der Waals surface area contributed by atoms with Crippen LogP contribution < -0.4 is 21.9 Å². The number of aromatic nitrogens is 4. The Labute approximate surface area is 517 Å². The molecule has 2 unspecified atom stereocenters. The third-order valence-corrected chi connectivity index (χ3v) is 17.4. The number of carbonyl (C=O) groups is 7. The van der Waals surface area contributed by atoms with Crippen molar-refractivity contribution in [3.63, 3.8) is 0 Å². The molecule has 22 nitrogen and oxygen atoms in total. The number of carbonyl (C=O) groups excluding carboxylic acids is 7. The minimum absolute atomic E-state index is 0.0479. The molecular weight excluding hydrogens is 1170 g/mol. The van der Waals surface area contributed by atoms with E-state index in [-0.39, 0.29) is 80.7 Å². The highest BCUT2D eigenvalue weighted by Gasteiger charge is 2.51. The van der Waals surface area contributed by atoms with Crippen molar-refractivity contribution in [2.24, 2.45) is 11.7 Å². The van der Waals surface area contributed by atoms with Gasteiger partial charge in [-0.15, -0.1) is 0 Å². The van der Waals surface area contributed by atoms with Crippen molar-refractivity contribution in [3.05, 3.63) is 111 Å². The zero-order chi connectivity index (χ0) is 63.5. The average Bonchev–Trinajstić information content (AvgIpc) is 1.61. The summed E-state index contributed by atoms with van der Waals surface area (Å²) in [7, 11) is -2.54. The number of nitrogens with zero attached hydrogens (tertiary/aromatic N) is 5. The van der Waals surface area contributed by atoms with Crippen LogP contribution in [0.4, 0.5) is 15.3 Å². The Hall–Kier alpha value is -7.82. The molecule has 0 spiro atoms. The van der Waals surface area contributed by atoms with Crippen molar-refractivity contribution in [1.29, 1.82) is 0 Å². The van der Waals surface area contributed by atoms with E-state index in [0.29, 0.717) is 104 Å². The van der Waals surface area contributed by atoms with Gasteiger partial charge in [0.2, 0.25) is 11.5 Å². The van der Waals surface area contributed by atoms with E-state index in [0.717, 1.165) is 22.1 Å². The Bertz CT molecular complexity index is 3600. The highest BCUT2D eigenvalue weighted by atomic mass is 32.2. The summed E-state index contributed by atoms with van der Waals surface area (Å²) >= 11 is 1.46. The van der Waals surface area contributed by atoms with Gasteiger partial charge in [-0.1, -0.05) is 60.9 Å². The number of nitrogens with one attached hydrogen (secondary N) is 2. The Balaban J connectivity index is 0.885. The molecule has 2 aromatic carbocycles. The van der Waals surface area contributed by atoms with Gasteiger partial charge in [-0.3, -0.25) is 28.2 Å². The van der Waals surface area contributed by atoms with Crippen LogP contribution in [-0.2, 0) is 82.5 Å². The lowest BCUT2D eigenvalue weighted by atomic mass is 9.85. The molecule has 24 heteroatoms. The molecule has 4 atom stereocenters. The largest absolute Gasteiger partial charge is 0.510 e. The van der Waals surface area contributed by atoms with Gasteiger partial charge in [0.05, 0.1) is 34.6 Å². The van der Waals surface area contributed by atoms with E-state index < -0.39 is 69.3 Å². The number of nitrogens with two attached hydrogens (primary N) is 1. The number of hydrogen-bond donors (Lipinski definition) is 3. The van der Waals surface area contributed by atoms with E-state index >= 15 is 0 Å².